The third-order valence-electron chi connectivity index (χ3n) is 5.95. The van der Waals surface area contributed by atoms with Crippen molar-refractivity contribution < 1.29 is 13.3 Å². The molecule has 0 atom stereocenters. The van der Waals surface area contributed by atoms with Gasteiger partial charge in [0.25, 0.3) is 15.7 Å². The Kier molecular flexibility index (Phi) is 7.35. The van der Waals surface area contributed by atoms with Gasteiger partial charge >= 0.3 is 0 Å². The lowest BCUT2D eigenvalue weighted by Gasteiger charge is -2.24. The van der Waals surface area contributed by atoms with E-state index >= 15 is 0 Å². The van der Waals surface area contributed by atoms with Crippen LogP contribution in [-0.2, 0) is 16.4 Å². The maximum Gasteiger partial charge on any atom is 0.281 e. The zero-order valence-corrected chi connectivity index (χ0v) is 21.7. The highest BCUT2D eigenvalue weighted by atomic mass is 32.2. The van der Waals surface area contributed by atoms with E-state index in [1.165, 1.54) is 25.4 Å². The van der Waals surface area contributed by atoms with Gasteiger partial charge in [0.05, 0.1) is 39.7 Å². The number of non-ortho nitro benzene ring substituents is 1. The lowest BCUT2D eigenvalue weighted by atomic mass is 10.1. The number of anilines is 1. The molecule has 13 heteroatoms. The molecule has 0 fully saturated rings. The molecule has 3 aromatic heterocycles. The Morgan fingerprint density at radius 2 is 2.00 bits per heavy atom. The fraction of sp³-hybridized carbons (Fsp3) is 0.200. The van der Waals surface area contributed by atoms with Crippen molar-refractivity contribution in [2.24, 2.45) is 5.10 Å². The van der Waals surface area contributed by atoms with Gasteiger partial charge in [-0.3, -0.25) is 15.1 Å². The molecule has 0 saturated carbocycles. The molecule has 0 aliphatic carbocycles. The van der Waals surface area contributed by atoms with Gasteiger partial charge in [0.2, 0.25) is 0 Å². The summed E-state index contributed by atoms with van der Waals surface area (Å²) in [7, 11) is -1.32. The Balaban J connectivity index is 1.70. The van der Waals surface area contributed by atoms with Gasteiger partial charge in [0.15, 0.2) is 0 Å². The van der Waals surface area contributed by atoms with Crippen molar-refractivity contribution in [2.75, 3.05) is 25.5 Å². The maximum absolute atomic E-state index is 13.7. The molecule has 1 aromatic carbocycles. The summed E-state index contributed by atoms with van der Waals surface area (Å²) >= 11 is 0. The van der Waals surface area contributed by atoms with Crippen LogP contribution in [0.25, 0.3) is 5.52 Å². The number of likely N-dealkylation sites (N-methyl/N-ethyl adjacent to an activating group) is 1. The number of nitro groups is 1. The zero-order valence-electron chi connectivity index (χ0n) is 20.9. The van der Waals surface area contributed by atoms with Crippen LogP contribution in [0.4, 0.5) is 11.4 Å². The average molecular weight is 533 g/mol. The highest BCUT2D eigenvalue weighted by Gasteiger charge is 2.28. The first-order valence-corrected chi connectivity index (χ1v) is 12.9. The molecule has 194 valence electrons. The van der Waals surface area contributed by atoms with Crippen LogP contribution in [0.1, 0.15) is 23.7 Å². The van der Waals surface area contributed by atoms with Crippen molar-refractivity contribution in [1.29, 1.82) is 5.26 Å². The largest absolute Gasteiger partial charge is 0.373 e. The summed E-state index contributed by atoms with van der Waals surface area (Å²) in [5.41, 5.74) is 2.64. The highest BCUT2D eigenvalue weighted by Crippen LogP contribution is 2.31. The predicted octanol–water partition coefficient (Wildman–Crippen LogP) is 3.23. The van der Waals surface area contributed by atoms with Crippen molar-refractivity contribution in [1.82, 2.24) is 19.0 Å². The molecule has 12 nitrogen and oxygen atoms in total. The minimum absolute atomic E-state index is 0.249. The SMILES string of the molecule is C/C(=N/N(C)S(=O)(=O)c1cc([N+](=O)[O-])ccc1N(C)CCc1ccccn1)c1cnn2ccc(C#N)cc12. The third-order valence-corrected chi connectivity index (χ3v) is 7.61. The van der Waals surface area contributed by atoms with Gasteiger partial charge < -0.3 is 4.90 Å². The van der Waals surface area contributed by atoms with Gasteiger partial charge in [-0.2, -0.15) is 28.3 Å². The monoisotopic (exact) mass is 532 g/mol. The summed E-state index contributed by atoms with van der Waals surface area (Å²) in [4.78, 5) is 16.6. The van der Waals surface area contributed by atoms with Crippen molar-refractivity contribution in [3.63, 3.8) is 0 Å². The van der Waals surface area contributed by atoms with Gasteiger partial charge in [-0.25, -0.2) is 4.52 Å². The highest BCUT2D eigenvalue weighted by molar-refractivity contribution is 7.89. The van der Waals surface area contributed by atoms with Crippen molar-refractivity contribution >= 4 is 32.6 Å². The number of sulfonamides is 1. The average Bonchev–Trinajstić information content (AvgIpc) is 3.35. The number of hydrogen-bond acceptors (Lipinski definition) is 9. The molecule has 0 bridgehead atoms. The number of nitro benzene ring substituents is 1. The number of pyridine rings is 2. The Morgan fingerprint density at radius 3 is 2.68 bits per heavy atom. The summed E-state index contributed by atoms with van der Waals surface area (Å²) in [6.45, 7) is 2.04. The molecular formula is C25H24N8O4S. The van der Waals surface area contributed by atoms with Crippen LogP contribution in [0.15, 0.2) is 77.1 Å². The van der Waals surface area contributed by atoms with Gasteiger partial charge in [-0.05, 0) is 37.3 Å². The summed E-state index contributed by atoms with van der Waals surface area (Å²) in [5.74, 6) is 0. The molecule has 0 saturated heterocycles. The van der Waals surface area contributed by atoms with Gasteiger partial charge in [0, 0.05) is 62.8 Å². The second-order valence-corrected chi connectivity index (χ2v) is 10.4. The first kappa shape index (κ1) is 26.2. The topological polar surface area (TPSA) is 150 Å². The van der Waals surface area contributed by atoms with E-state index in [0.29, 0.717) is 41.0 Å². The Hall–Kier alpha value is -4.83. The van der Waals surface area contributed by atoms with E-state index in [2.05, 4.69) is 21.3 Å². The summed E-state index contributed by atoms with van der Waals surface area (Å²) in [6, 6.07) is 14.6. The van der Waals surface area contributed by atoms with Crippen LogP contribution in [0.3, 0.4) is 0 Å². The number of nitrogens with zero attached hydrogens (tertiary/aromatic N) is 8. The molecule has 4 aromatic rings. The van der Waals surface area contributed by atoms with Crippen LogP contribution in [0, 0.1) is 21.4 Å². The molecule has 0 aliphatic heterocycles. The Bertz CT molecular complexity index is 1680. The zero-order chi connectivity index (χ0) is 27.4. The number of hydrogen-bond donors (Lipinski definition) is 0. The summed E-state index contributed by atoms with van der Waals surface area (Å²) in [5, 5.41) is 29.2. The fourth-order valence-corrected chi connectivity index (χ4v) is 5.15. The smallest absolute Gasteiger partial charge is 0.281 e. The minimum Gasteiger partial charge on any atom is -0.373 e. The molecule has 0 radical (unpaired) electrons. The lowest BCUT2D eigenvalue weighted by molar-refractivity contribution is -0.385. The van der Waals surface area contributed by atoms with Crippen LogP contribution in [-0.4, -0.2) is 58.7 Å². The number of benzene rings is 1. The number of fused-ring (bicyclic) bond motifs is 1. The minimum atomic E-state index is -4.30. The summed E-state index contributed by atoms with van der Waals surface area (Å²) < 4.78 is 29.7. The fourth-order valence-electron chi connectivity index (χ4n) is 3.88. The Labute approximate surface area is 219 Å². The molecule has 0 amide bonds. The van der Waals surface area contributed by atoms with Gasteiger partial charge in [-0.1, -0.05) is 6.07 Å². The van der Waals surface area contributed by atoms with E-state index in [1.54, 1.807) is 47.9 Å². The van der Waals surface area contributed by atoms with Gasteiger partial charge in [-0.15, -0.1) is 0 Å². The molecule has 4 rings (SSSR count). The van der Waals surface area contributed by atoms with Crippen molar-refractivity contribution in [2.45, 2.75) is 18.2 Å². The molecule has 3 heterocycles. The molecule has 0 spiro atoms. The second kappa shape index (κ2) is 10.7. The quantitative estimate of drug-likeness (QED) is 0.181. The Morgan fingerprint density at radius 1 is 1.21 bits per heavy atom. The number of nitriles is 1. The third kappa shape index (κ3) is 5.30. The van der Waals surface area contributed by atoms with Crippen LogP contribution >= 0.6 is 0 Å². The molecular weight excluding hydrogens is 508 g/mol. The first-order valence-electron chi connectivity index (χ1n) is 11.4. The van der Waals surface area contributed by atoms with E-state index in [1.807, 2.05) is 18.2 Å². The predicted molar refractivity (Wildman–Crippen MR) is 141 cm³/mol. The van der Waals surface area contributed by atoms with Crippen LogP contribution in [0.2, 0.25) is 0 Å². The van der Waals surface area contributed by atoms with E-state index in [0.717, 1.165) is 16.2 Å². The second-order valence-electron chi connectivity index (χ2n) is 8.44. The molecule has 38 heavy (non-hydrogen) atoms. The maximum atomic E-state index is 13.7. The number of hydrazone groups is 1. The number of aromatic nitrogens is 3. The van der Waals surface area contributed by atoms with E-state index in [4.69, 9.17) is 0 Å². The first-order chi connectivity index (χ1) is 18.1. The summed E-state index contributed by atoms with van der Waals surface area (Å²) in [6.07, 6.45) is 5.37. The lowest BCUT2D eigenvalue weighted by Crippen LogP contribution is -2.28. The van der Waals surface area contributed by atoms with Gasteiger partial charge in [0.1, 0.15) is 4.90 Å². The van der Waals surface area contributed by atoms with E-state index in [9.17, 15) is 23.8 Å². The molecule has 0 N–H and O–H groups in total. The van der Waals surface area contributed by atoms with Crippen molar-refractivity contribution in [3.8, 4) is 6.07 Å². The standard InChI is InChI=1S/C25H24N8O4S/c1-18(22-17-28-32-13-9-19(16-26)14-24(22)32)29-31(3)38(36,37)25-15-21(33(34)35)7-8-23(25)30(2)12-10-20-6-4-5-11-27-20/h4-9,11,13-15,17H,10,12H2,1-3H3/b29-18-. The van der Waals surface area contributed by atoms with Crippen molar-refractivity contribution in [3.05, 3.63) is 94.1 Å². The van der Waals surface area contributed by atoms with E-state index in [-0.39, 0.29) is 10.6 Å². The van der Waals surface area contributed by atoms with E-state index < -0.39 is 14.9 Å². The number of rotatable bonds is 9. The molecule has 0 unspecified atom stereocenters. The normalized spacial score (nSPS) is 11.8. The molecule has 0 aliphatic rings. The van der Waals surface area contributed by atoms with Crippen LogP contribution < -0.4 is 4.90 Å². The van der Waals surface area contributed by atoms with Crippen LogP contribution in [0.5, 0.6) is 0 Å².